The number of nitrogens with one attached hydrogen (secondary N) is 2. The maximum Gasteiger partial charge on any atom is 0.251 e. The van der Waals surface area contributed by atoms with E-state index in [0.29, 0.717) is 18.7 Å². The van der Waals surface area contributed by atoms with Crippen molar-refractivity contribution in [1.29, 1.82) is 0 Å². The van der Waals surface area contributed by atoms with E-state index in [1.165, 1.54) is 0 Å². The van der Waals surface area contributed by atoms with Crippen LogP contribution in [-0.2, 0) is 9.53 Å². The van der Waals surface area contributed by atoms with Gasteiger partial charge in [-0.25, -0.2) is 0 Å². The molecule has 6 heteroatoms. The number of carbonyl (C=O) groups is 2. The Morgan fingerprint density at radius 3 is 2.56 bits per heavy atom. The van der Waals surface area contributed by atoms with Crippen LogP contribution in [0, 0.1) is 0 Å². The highest BCUT2D eigenvalue weighted by Crippen LogP contribution is 2.23. The average Bonchev–Trinajstić information content (AvgIpc) is 2.72. The number of fused-ring (bicyclic) bond motifs is 1. The first-order valence-electron chi connectivity index (χ1n) is 8.66. The van der Waals surface area contributed by atoms with Gasteiger partial charge >= 0.3 is 0 Å². The fourth-order valence-electron chi connectivity index (χ4n) is 2.66. The molecule has 0 aliphatic carbocycles. The number of carbonyl (C=O) groups excluding carboxylic acids is 2. The minimum Gasteiger partial charge on any atom is -0.383 e. The van der Waals surface area contributed by atoms with Crippen molar-refractivity contribution >= 4 is 22.7 Å². The van der Waals surface area contributed by atoms with E-state index >= 15 is 0 Å². The lowest BCUT2D eigenvalue weighted by atomic mass is 10.0. The van der Waals surface area contributed by atoms with Gasteiger partial charge in [-0.05, 0) is 29.8 Å². The zero-order valence-corrected chi connectivity index (χ0v) is 15.1. The molecule has 1 aromatic heterocycles. The smallest absolute Gasteiger partial charge is 0.251 e. The van der Waals surface area contributed by atoms with E-state index in [1.54, 1.807) is 19.2 Å². The van der Waals surface area contributed by atoms with E-state index in [9.17, 15) is 9.59 Å². The van der Waals surface area contributed by atoms with Gasteiger partial charge in [-0.1, -0.05) is 30.3 Å². The van der Waals surface area contributed by atoms with Gasteiger partial charge in [0.15, 0.2) is 0 Å². The van der Waals surface area contributed by atoms with Crippen LogP contribution < -0.4 is 10.6 Å². The summed E-state index contributed by atoms with van der Waals surface area (Å²) in [5, 5.41) is 6.32. The molecule has 0 saturated carbocycles. The van der Waals surface area contributed by atoms with E-state index in [4.69, 9.17) is 4.74 Å². The van der Waals surface area contributed by atoms with E-state index < -0.39 is 0 Å². The largest absolute Gasteiger partial charge is 0.383 e. The lowest BCUT2D eigenvalue weighted by Crippen LogP contribution is -2.38. The van der Waals surface area contributed by atoms with Crippen molar-refractivity contribution < 1.29 is 14.3 Å². The minimum atomic E-state index is -0.292. The predicted octanol–water partition coefficient (Wildman–Crippen LogP) is 2.39. The Labute approximate surface area is 157 Å². The summed E-state index contributed by atoms with van der Waals surface area (Å²) in [5.41, 5.74) is 3.40. The van der Waals surface area contributed by atoms with Crippen molar-refractivity contribution in [1.82, 2.24) is 15.6 Å². The van der Waals surface area contributed by atoms with Gasteiger partial charge in [0.2, 0.25) is 5.91 Å². The first kappa shape index (κ1) is 18.5. The van der Waals surface area contributed by atoms with Crippen LogP contribution in [0.2, 0.25) is 0 Å². The van der Waals surface area contributed by atoms with Gasteiger partial charge in [0.25, 0.3) is 5.91 Å². The Bertz CT molecular complexity index is 939. The number of benzene rings is 2. The summed E-state index contributed by atoms with van der Waals surface area (Å²) in [6, 6.07) is 17.2. The summed E-state index contributed by atoms with van der Waals surface area (Å²) < 4.78 is 4.85. The standard InChI is InChI=1S/C21H21N3O3/c1-27-11-10-22-20(25)14-24-21(26)16-8-6-15(7-9-16)18-12-17-4-2-3-5-19(17)23-13-18/h2-9,12-13H,10-11,14H2,1H3,(H,22,25)(H,24,26). The van der Waals surface area contributed by atoms with Gasteiger partial charge < -0.3 is 15.4 Å². The predicted molar refractivity (Wildman–Crippen MR) is 104 cm³/mol. The zero-order valence-electron chi connectivity index (χ0n) is 15.1. The molecule has 6 nitrogen and oxygen atoms in total. The van der Waals surface area contributed by atoms with Crippen LogP contribution in [0.25, 0.3) is 22.0 Å². The fraction of sp³-hybridized carbons (Fsp3) is 0.190. The Kier molecular flexibility index (Phi) is 6.12. The van der Waals surface area contributed by atoms with Gasteiger partial charge in [0, 0.05) is 36.4 Å². The van der Waals surface area contributed by atoms with Gasteiger partial charge in [-0.15, -0.1) is 0 Å². The van der Waals surface area contributed by atoms with Crippen molar-refractivity contribution in [2.75, 3.05) is 26.8 Å². The number of hydrogen-bond donors (Lipinski definition) is 2. The SMILES string of the molecule is COCCNC(=O)CNC(=O)c1ccc(-c2cnc3ccccc3c2)cc1. The monoisotopic (exact) mass is 363 g/mol. The second kappa shape index (κ2) is 8.91. The van der Waals surface area contributed by atoms with Crippen LogP contribution in [0.3, 0.4) is 0 Å². The minimum absolute atomic E-state index is 0.0705. The molecule has 0 unspecified atom stereocenters. The van der Waals surface area contributed by atoms with Crippen molar-refractivity contribution in [3.8, 4) is 11.1 Å². The van der Waals surface area contributed by atoms with Crippen molar-refractivity contribution in [2.45, 2.75) is 0 Å². The Morgan fingerprint density at radius 2 is 1.78 bits per heavy atom. The summed E-state index contributed by atoms with van der Waals surface area (Å²) in [6.07, 6.45) is 1.82. The number of amides is 2. The number of methoxy groups -OCH3 is 1. The van der Waals surface area contributed by atoms with Gasteiger partial charge in [-0.2, -0.15) is 0 Å². The Balaban J connectivity index is 1.62. The van der Waals surface area contributed by atoms with E-state index in [2.05, 4.69) is 21.7 Å². The molecular weight excluding hydrogens is 342 g/mol. The molecule has 2 amide bonds. The third-order valence-electron chi connectivity index (χ3n) is 4.11. The number of aromatic nitrogens is 1. The second-order valence-electron chi connectivity index (χ2n) is 6.02. The summed E-state index contributed by atoms with van der Waals surface area (Å²) in [7, 11) is 1.56. The highest BCUT2D eigenvalue weighted by molar-refractivity contribution is 5.97. The topological polar surface area (TPSA) is 80.3 Å². The summed E-state index contributed by atoms with van der Waals surface area (Å²) in [5.74, 6) is -0.542. The third-order valence-corrected chi connectivity index (χ3v) is 4.11. The highest BCUT2D eigenvalue weighted by atomic mass is 16.5. The van der Waals surface area contributed by atoms with Crippen LogP contribution >= 0.6 is 0 Å². The van der Waals surface area contributed by atoms with Crippen LogP contribution in [0.4, 0.5) is 0 Å². The van der Waals surface area contributed by atoms with E-state index in [0.717, 1.165) is 22.0 Å². The molecule has 0 bridgehead atoms. The lowest BCUT2D eigenvalue weighted by Gasteiger charge is -2.08. The Morgan fingerprint density at radius 1 is 1.00 bits per heavy atom. The van der Waals surface area contributed by atoms with E-state index in [-0.39, 0.29) is 18.4 Å². The Hall–Kier alpha value is -3.25. The van der Waals surface area contributed by atoms with Crippen LogP contribution in [0.15, 0.2) is 60.8 Å². The number of ether oxygens (including phenoxy) is 1. The fourth-order valence-corrected chi connectivity index (χ4v) is 2.66. The molecule has 0 radical (unpaired) electrons. The molecule has 27 heavy (non-hydrogen) atoms. The van der Waals surface area contributed by atoms with Crippen molar-refractivity contribution in [3.05, 3.63) is 66.4 Å². The average molecular weight is 363 g/mol. The summed E-state index contributed by atoms with van der Waals surface area (Å²) >= 11 is 0. The van der Waals surface area contributed by atoms with Gasteiger partial charge in [0.1, 0.15) is 0 Å². The molecule has 2 aromatic carbocycles. The quantitative estimate of drug-likeness (QED) is 0.632. The third kappa shape index (κ3) is 4.89. The molecule has 1 heterocycles. The van der Waals surface area contributed by atoms with Gasteiger partial charge in [0.05, 0.1) is 18.7 Å². The van der Waals surface area contributed by atoms with Crippen LogP contribution in [0.5, 0.6) is 0 Å². The summed E-state index contributed by atoms with van der Waals surface area (Å²) in [4.78, 5) is 28.2. The number of para-hydroxylation sites is 1. The lowest BCUT2D eigenvalue weighted by molar-refractivity contribution is -0.120. The number of pyridine rings is 1. The van der Waals surface area contributed by atoms with Crippen LogP contribution in [0.1, 0.15) is 10.4 Å². The highest BCUT2D eigenvalue weighted by Gasteiger charge is 2.08. The molecule has 0 aliphatic rings. The molecule has 2 N–H and O–H groups in total. The molecule has 3 aromatic rings. The second-order valence-corrected chi connectivity index (χ2v) is 6.02. The molecule has 138 valence electrons. The number of rotatable bonds is 7. The summed E-state index contributed by atoms with van der Waals surface area (Å²) in [6.45, 7) is 0.781. The molecule has 3 rings (SSSR count). The first-order valence-corrected chi connectivity index (χ1v) is 8.66. The first-order chi connectivity index (χ1) is 13.2. The normalized spacial score (nSPS) is 10.6. The maximum atomic E-state index is 12.2. The molecule has 0 spiro atoms. The molecule has 0 aliphatic heterocycles. The maximum absolute atomic E-state index is 12.2. The van der Waals surface area contributed by atoms with Crippen molar-refractivity contribution in [2.24, 2.45) is 0 Å². The molecular formula is C21H21N3O3. The number of hydrogen-bond acceptors (Lipinski definition) is 4. The van der Waals surface area contributed by atoms with Gasteiger partial charge in [-0.3, -0.25) is 14.6 Å². The van der Waals surface area contributed by atoms with Crippen molar-refractivity contribution in [3.63, 3.8) is 0 Å². The van der Waals surface area contributed by atoms with Crippen LogP contribution in [-0.4, -0.2) is 43.6 Å². The molecule has 0 atom stereocenters. The zero-order chi connectivity index (χ0) is 19.1. The number of nitrogens with zero attached hydrogens (tertiary/aromatic N) is 1. The molecule has 0 saturated heterocycles. The van der Waals surface area contributed by atoms with E-state index in [1.807, 2.05) is 42.6 Å². The molecule has 0 fully saturated rings.